The minimum absolute atomic E-state index is 0.206. The van der Waals surface area contributed by atoms with Crippen molar-refractivity contribution in [1.29, 1.82) is 0 Å². The molecule has 21 heavy (non-hydrogen) atoms. The van der Waals surface area contributed by atoms with E-state index in [-0.39, 0.29) is 10.3 Å². The number of aromatic carboxylic acids is 1. The number of benzene rings is 1. The standard InChI is InChI=1S/C15H19N3O2S/c1-21-15(8-3-2-4-9-15)10-18-12-7-5-6-11(14(19)20)13(12)16-17-18/h5-7H,2-4,8-10H2,1H3,(H,19,20). The highest BCUT2D eigenvalue weighted by Crippen LogP contribution is 2.40. The molecule has 1 fully saturated rings. The van der Waals surface area contributed by atoms with Gasteiger partial charge < -0.3 is 5.11 Å². The molecule has 2 aromatic rings. The van der Waals surface area contributed by atoms with Crippen molar-refractivity contribution in [3.8, 4) is 0 Å². The first-order chi connectivity index (χ1) is 10.2. The molecule has 1 heterocycles. The summed E-state index contributed by atoms with van der Waals surface area (Å²) in [7, 11) is 0. The van der Waals surface area contributed by atoms with Crippen LogP contribution in [0.1, 0.15) is 42.5 Å². The lowest BCUT2D eigenvalue weighted by Gasteiger charge is -2.35. The van der Waals surface area contributed by atoms with Gasteiger partial charge in [-0.05, 0) is 31.2 Å². The fourth-order valence-electron chi connectivity index (χ4n) is 3.18. The summed E-state index contributed by atoms with van der Waals surface area (Å²) in [6.07, 6.45) is 8.36. The summed E-state index contributed by atoms with van der Waals surface area (Å²) in [6.45, 7) is 0.799. The zero-order chi connectivity index (χ0) is 14.9. The van der Waals surface area contributed by atoms with Crippen molar-refractivity contribution in [2.45, 2.75) is 43.4 Å². The highest BCUT2D eigenvalue weighted by molar-refractivity contribution is 8.00. The SMILES string of the molecule is CSC1(Cn2nnc3c(C(=O)O)cccc32)CCCCC1. The molecule has 0 aliphatic heterocycles. The molecule has 1 aromatic carbocycles. The second-order valence-corrected chi connectivity index (χ2v) is 6.95. The number of rotatable bonds is 4. The summed E-state index contributed by atoms with van der Waals surface area (Å²) >= 11 is 1.91. The Kier molecular flexibility index (Phi) is 3.89. The second-order valence-electron chi connectivity index (χ2n) is 5.67. The highest BCUT2D eigenvalue weighted by atomic mass is 32.2. The maximum Gasteiger partial charge on any atom is 0.338 e. The van der Waals surface area contributed by atoms with E-state index in [9.17, 15) is 9.90 Å². The topological polar surface area (TPSA) is 68.0 Å². The third-order valence-electron chi connectivity index (χ3n) is 4.41. The van der Waals surface area contributed by atoms with Crippen molar-refractivity contribution in [2.75, 3.05) is 6.26 Å². The molecule has 0 unspecified atom stereocenters. The van der Waals surface area contributed by atoms with Crippen molar-refractivity contribution in [2.24, 2.45) is 0 Å². The molecule has 1 aliphatic rings. The third kappa shape index (κ3) is 2.64. The summed E-state index contributed by atoms with van der Waals surface area (Å²) < 4.78 is 2.09. The minimum atomic E-state index is -0.954. The molecule has 112 valence electrons. The predicted octanol–water partition coefficient (Wildman–Crippen LogP) is 3.20. The molecule has 0 spiro atoms. The van der Waals surface area contributed by atoms with Crippen molar-refractivity contribution < 1.29 is 9.90 Å². The quantitative estimate of drug-likeness (QED) is 0.939. The third-order valence-corrected chi connectivity index (χ3v) is 5.81. The molecule has 1 N–H and O–H groups in total. The first-order valence-corrected chi connectivity index (χ1v) is 8.48. The monoisotopic (exact) mass is 305 g/mol. The van der Waals surface area contributed by atoms with Gasteiger partial charge in [-0.1, -0.05) is 30.5 Å². The summed E-state index contributed by atoms with van der Waals surface area (Å²) in [5, 5.41) is 17.5. The number of carboxylic acids is 1. The van der Waals surface area contributed by atoms with E-state index in [2.05, 4.69) is 16.6 Å². The molecule has 6 heteroatoms. The van der Waals surface area contributed by atoms with E-state index in [1.165, 1.54) is 32.1 Å². The van der Waals surface area contributed by atoms with Gasteiger partial charge in [-0.2, -0.15) is 11.8 Å². The van der Waals surface area contributed by atoms with Gasteiger partial charge in [0, 0.05) is 4.75 Å². The Morgan fingerprint density at radius 1 is 1.38 bits per heavy atom. The Morgan fingerprint density at radius 2 is 2.14 bits per heavy atom. The number of fused-ring (bicyclic) bond motifs is 1. The summed E-state index contributed by atoms with van der Waals surface area (Å²) in [6, 6.07) is 5.24. The van der Waals surface area contributed by atoms with E-state index in [4.69, 9.17) is 0 Å². The van der Waals surface area contributed by atoms with Gasteiger partial charge in [-0.15, -0.1) is 5.10 Å². The molecule has 1 aliphatic carbocycles. The number of carbonyl (C=O) groups is 1. The molecular weight excluding hydrogens is 286 g/mol. The molecule has 3 rings (SSSR count). The molecule has 5 nitrogen and oxygen atoms in total. The summed E-state index contributed by atoms with van der Waals surface area (Å²) in [4.78, 5) is 11.3. The minimum Gasteiger partial charge on any atom is -0.478 e. The van der Waals surface area contributed by atoms with Gasteiger partial charge in [0.25, 0.3) is 0 Å². The fourth-order valence-corrected chi connectivity index (χ4v) is 4.13. The number of hydrogen-bond donors (Lipinski definition) is 1. The second kappa shape index (κ2) is 5.67. The van der Waals surface area contributed by atoms with Gasteiger partial charge in [0.05, 0.1) is 17.6 Å². The lowest BCUT2D eigenvalue weighted by molar-refractivity contribution is 0.0699. The normalized spacial score (nSPS) is 18.0. The van der Waals surface area contributed by atoms with Gasteiger partial charge in [0.15, 0.2) is 0 Å². The number of aromatic nitrogens is 3. The zero-order valence-corrected chi connectivity index (χ0v) is 12.9. The molecule has 0 atom stereocenters. The largest absolute Gasteiger partial charge is 0.478 e. The van der Waals surface area contributed by atoms with Crippen molar-refractivity contribution in [3.63, 3.8) is 0 Å². The van der Waals surface area contributed by atoms with Gasteiger partial charge in [-0.3, -0.25) is 0 Å². The Bertz CT molecular complexity index is 662. The number of hydrogen-bond acceptors (Lipinski definition) is 4. The summed E-state index contributed by atoms with van der Waals surface area (Å²) in [5.74, 6) is -0.954. The van der Waals surface area contributed by atoms with Gasteiger partial charge in [0.1, 0.15) is 5.52 Å². The van der Waals surface area contributed by atoms with Crippen LogP contribution in [0.2, 0.25) is 0 Å². The van der Waals surface area contributed by atoms with E-state index < -0.39 is 5.97 Å². The van der Waals surface area contributed by atoms with Gasteiger partial charge in [0.2, 0.25) is 0 Å². The van der Waals surface area contributed by atoms with Crippen LogP contribution in [0, 0.1) is 0 Å². The van der Waals surface area contributed by atoms with Crippen molar-refractivity contribution in [1.82, 2.24) is 15.0 Å². The average molecular weight is 305 g/mol. The number of thioether (sulfide) groups is 1. The van der Waals surface area contributed by atoms with E-state index in [1.54, 1.807) is 12.1 Å². The molecule has 0 amide bonds. The maximum atomic E-state index is 11.3. The first-order valence-electron chi connectivity index (χ1n) is 7.26. The van der Waals surface area contributed by atoms with Gasteiger partial charge in [-0.25, -0.2) is 9.48 Å². The van der Waals surface area contributed by atoms with Crippen LogP contribution >= 0.6 is 11.8 Å². The summed E-state index contributed by atoms with van der Waals surface area (Å²) in [5.41, 5.74) is 1.52. The average Bonchev–Trinajstić information content (AvgIpc) is 2.91. The van der Waals surface area contributed by atoms with E-state index >= 15 is 0 Å². The van der Waals surface area contributed by atoms with Crippen molar-refractivity contribution >= 4 is 28.8 Å². The van der Waals surface area contributed by atoms with Crippen LogP contribution in [0.5, 0.6) is 0 Å². The van der Waals surface area contributed by atoms with Crippen LogP contribution in [0.3, 0.4) is 0 Å². The van der Waals surface area contributed by atoms with E-state index in [0.717, 1.165) is 12.1 Å². The van der Waals surface area contributed by atoms with Crippen LogP contribution in [0.15, 0.2) is 18.2 Å². The van der Waals surface area contributed by atoms with Crippen LogP contribution in [-0.4, -0.2) is 37.1 Å². The lowest BCUT2D eigenvalue weighted by Crippen LogP contribution is -2.33. The number of nitrogens with zero attached hydrogens (tertiary/aromatic N) is 3. The zero-order valence-electron chi connectivity index (χ0n) is 12.1. The molecule has 0 radical (unpaired) electrons. The lowest BCUT2D eigenvalue weighted by atomic mass is 9.88. The van der Waals surface area contributed by atoms with E-state index in [0.29, 0.717) is 5.52 Å². The highest BCUT2D eigenvalue weighted by Gasteiger charge is 2.32. The Balaban J connectivity index is 1.97. The van der Waals surface area contributed by atoms with Crippen LogP contribution < -0.4 is 0 Å². The van der Waals surface area contributed by atoms with Crippen LogP contribution in [0.4, 0.5) is 0 Å². The molecule has 0 saturated heterocycles. The van der Waals surface area contributed by atoms with Crippen LogP contribution in [-0.2, 0) is 6.54 Å². The van der Waals surface area contributed by atoms with Crippen molar-refractivity contribution in [3.05, 3.63) is 23.8 Å². The molecule has 0 bridgehead atoms. The molecular formula is C15H19N3O2S. The maximum absolute atomic E-state index is 11.3. The Morgan fingerprint density at radius 3 is 2.81 bits per heavy atom. The first kappa shape index (κ1) is 14.4. The Labute approximate surface area is 127 Å². The van der Waals surface area contributed by atoms with E-state index in [1.807, 2.05) is 22.5 Å². The Hall–Kier alpha value is -1.56. The molecule has 1 aromatic heterocycles. The number of carboxylic acid groups (broad SMARTS) is 1. The smallest absolute Gasteiger partial charge is 0.338 e. The predicted molar refractivity (Wildman–Crippen MR) is 83.8 cm³/mol. The van der Waals surface area contributed by atoms with Gasteiger partial charge >= 0.3 is 5.97 Å². The van der Waals surface area contributed by atoms with Crippen LogP contribution in [0.25, 0.3) is 11.0 Å². The molecule has 1 saturated carbocycles. The fraction of sp³-hybridized carbons (Fsp3) is 0.533.